The van der Waals surface area contributed by atoms with Crippen LogP contribution >= 0.6 is 0 Å². The minimum atomic E-state index is 0.699. The van der Waals surface area contributed by atoms with Crippen molar-refractivity contribution in [3.05, 3.63) is 54.1 Å². The first kappa shape index (κ1) is 11.6. The Kier molecular flexibility index (Phi) is 3.49. The van der Waals surface area contributed by atoms with Crippen LogP contribution in [-0.4, -0.2) is 0 Å². The fourth-order valence-corrected chi connectivity index (χ4v) is 1.38. The fourth-order valence-electron chi connectivity index (χ4n) is 1.38. The van der Waals surface area contributed by atoms with Gasteiger partial charge in [0.2, 0.25) is 0 Å². The van der Waals surface area contributed by atoms with Crippen molar-refractivity contribution >= 4 is 5.69 Å². The zero-order valence-corrected chi connectivity index (χ0v) is 9.55. The van der Waals surface area contributed by atoms with Crippen LogP contribution in [0.2, 0.25) is 0 Å². The van der Waals surface area contributed by atoms with Gasteiger partial charge in [-0.25, -0.2) is 0 Å². The Hall–Kier alpha value is -2.91. The molecule has 0 radical (unpaired) electrons. The molecule has 18 heavy (non-hydrogen) atoms. The lowest BCUT2D eigenvalue weighted by atomic mass is 10.2. The van der Waals surface area contributed by atoms with Gasteiger partial charge in [0.05, 0.1) is 0 Å². The van der Waals surface area contributed by atoms with Crippen molar-refractivity contribution in [2.75, 3.05) is 5.73 Å². The molecule has 3 heteroatoms. The molecule has 86 valence electrons. The van der Waals surface area contributed by atoms with Crippen LogP contribution in [0.1, 0.15) is 5.56 Å². The summed E-state index contributed by atoms with van der Waals surface area (Å²) in [4.78, 5) is 0. The molecule has 0 aliphatic heterocycles. The van der Waals surface area contributed by atoms with Gasteiger partial charge in [-0.1, -0.05) is 5.92 Å². The number of hydrogen-bond acceptors (Lipinski definition) is 3. The van der Waals surface area contributed by atoms with Crippen LogP contribution in [0.5, 0.6) is 11.5 Å². The van der Waals surface area contributed by atoms with Gasteiger partial charge in [-0.3, -0.25) is 0 Å². The van der Waals surface area contributed by atoms with Crippen molar-refractivity contribution in [2.45, 2.75) is 0 Å². The number of ether oxygens (including phenoxy) is 1. The monoisotopic (exact) mass is 234 g/mol. The summed E-state index contributed by atoms with van der Waals surface area (Å²) >= 11 is 0. The van der Waals surface area contributed by atoms with E-state index in [1.807, 2.05) is 0 Å². The van der Waals surface area contributed by atoms with E-state index in [-0.39, 0.29) is 0 Å². The minimum Gasteiger partial charge on any atom is -0.457 e. The van der Waals surface area contributed by atoms with Crippen LogP contribution in [0.15, 0.2) is 48.5 Å². The van der Waals surface area contributed by atoms with Crippen molar-refractivity contribution in [1.29, 1.82) is 5.26 Å². The molecule has 0 aliphatic carbocycles. The van der Waals surface area contributed by atoms with Gasteiger partial charge in [-0.2, -0.15) is 5.26 Å². The fraction of sp³-hybridized carbons (Fsp3) is 0. The largest absolute Gasteiger partial charge is 0.457 e. The minimum absolute atomic E-state index is 0.699. The summed E-state index contributed by atoms with van der Waals surface area (Å²) in [7, 11) is 0. The molecule has 3 nitrogen and oxygen atoms in total. The summed E-state index contributed by atoms with van der Waals surface area (Å²) in [6.07, 6.45) is 0. The number of anilines is 1. The SMILES string of the molecule is N#CC#Cc1ccc(Oc2ccc(N)cc2)cc1. The van der Waals surface area contributed by atoms with Gasteiger partial charge in [0.25, 0.3) is 0 Å². The topological polar surface area (TPSA) is 59.0 Å². The van der Waals surface area contributed by atoms with Gasteiger partial charge in [-0.15, -0.1) is 0 Å². The van der Waals surface area contributed by atoms with Gasteiger partial charge < -0.3 is 10.5 Å². The second-order valence-corrected chi connectivity index (χ2v) is 3.56. The van der Waals surface area contributed by atoms with Crippen LogP contribution < -0.4 is 10.5 Å². The molecule has 0 atom stereocenters. The molecule has 0 bridgehead atoms. The molecule has 0 amide bonds. The highest BCUT2D eigenvalue weighted by atomic mass is 16.5. The van der Waals surface area contributed by atoms with E-state index in [9.17, 15) is 0 Å². The number of nitrogens with zero attached hydrogens (tertiary/aromatic N) is 1. The highest BCUT2D eigenvalue weighted by molar-refractivity contribution is 5.44. The van der Waals surface area contributed by atoms with E-state index >= 15 is 0 Å². The molecule has 2 aromatic carbocycles. The Morgan fingerprint density at radius 1 is 0.889 bits per heavy atom. The lowest BCUT2D eigenvalue weighted by Crippen LogP contribution is -1.86. The molecule has 0 aliphatic rings. The summed E-state index contributed by atoms with van der Waals surface area (Å²) in [6, 6.07) is 16.2. The van der Waals surface area contributed by atoms with Crippen molar-refractivity contribution < 1.29 is 4.74 Å². The molecular formula is C15H10N2O. The average molecular weight is 234 g/mol. The molecule has 0 spiro atoms. The molecule has 0 fully saturated rings. The Morgan fingerprint density at radius 2 is 1.44 bits per heavy atom. The Morgan fingerprint density at radius 3 is 2.00 bits per heavy atom. The normalized spacial score (nSPS) is 8.83. The van der Waals surface area contributed by atoms with Crippen LogP contribution in [0, 0.1) is 23.2 Å². The summed E-state index contributed by atoms with van der Waals surface area (Å²) in [5, 5.41) is 8.34. The van der Waals surface area contributed by atoms with Crippen molar-refractivity contribution in [3.8, 4) is 29.4 Å². The van der Waals surface area contributed by atoms with E-state index < -0.39 is 0 Å². The molecule has 0 saturated carbocycles. The Balaban J connectivity index is 2.11. The molecular weight excluding hydrogens is 224 g/mol. The van der Waals surface area contributed by atoms with E-state index in [0.717, 1.165) is 11.3 Å². The molecule has 0 saturated heterocycles. The number of hydrogen-bond donors (Lipinski definition) is 1. The third-order valence-corrected chi connectivity index (χ3v) is 2.23. The van der Waals surface area contributed by atoms with Crippen molar-refractivity contribution in [3.63, 3.8) is 0 Å². The second-order valence-electron chi connectivity index (χ2n) is 3.56. The molecule has 2 rings (SSSR count). The van der Waals surface area contributed by atoms with Crippen molar-refractivity contribution in [1.82, 2.24) is 0 Å². The lowest BCUT2D eigenvalue weighted by Gasteiger charge is -2.05. The zero-order valence-electron chi connectivity index (χ0n) is 9.55. The first-order valence-electron chi connectivity index (χ1n) is 5.31. The highest BCUT2D eigenvalue weighted by Crippen LogP contribution is 2.22. The summed E-state index contributed by atoms with van der Waals surface area (Å²) < 4.78 is 5.62. The van der Waals surface area contributed by atoms with Gasteiger partial charge in [0.1, 0.15) is 11.5 Å². The Bertz CT molecular complexity index is 625. The lowest BCUT2D eigenvalue weighted by molar-refractivity contribution is 0.483. The molecule has 2 aromatic rings. The number of rotatable bonds is 2. The van der Waals surface area contributed by atoms with Gasteiger partial charge in [0, 0.05) is 17.2 Å². The third kappa shape index (κ3) is 3.04. The maximum atomic E-state index is 8.34. The zero-order chi connectivity index (χ0) is 12.8. The van der Waals surface area contributed by atoms with Crippen LogP contribution in [0.3, 0.4) is 0 Å². The van der Waals surface area contributed by atoms with Gasteiger partial charge in [-0.05, 0) is 48.5 Å². The predicted octanol–water partition coefficient (Wildman–Crippen LogP) is 2.94. The van der Waals surface area contributed by atoms with E-state index in [2.05, 4.69) is 11.8 Å². The second kappa shape index (κ2) is 5.43. The van der Waals surface area contributed by atoms with E-state index in [0.29, 0.717) is 11.4 Å². The number of nitriles is 1. The van der Waals surface area contributed by atoms with Crippen LogP contribution in [0.4, 0.5) is 5.69 Å². The van der Waals surface area contributed by atoms with Gasteiger partial charge in [0.15, 0.2) is 6.07 Å². The maximum Gasteiger partial charge on any atom is 0.152 e. The summed E-state index contributed by atoms with van der Waals surface area (Å²) in [5.41, 5.74) is 7.07. The molecule has 0 unspecified atom stereocenters. The van der Waals surface area contributed by atoms with Gasteiger partial charge >= 0.3 is 0 Å². The van der Waals surface area contributed by atoms with E-state index in [1.54, 1.807) is 54.6 Å². The number of benzene rings is 2. The predicted molar refractivity (Wildman–Crippen MR) is 69.9 cm³/mol. The standard InChI is InChI=1S/C15H10N2O/c16-11-1-2-12-3-7-14(8-4-12)18-15-9-5-13(17)6-10-15/h3-10H,17H2. The maximum absolute atomic E-state index is 8.34. The summed E-state index contributed by atoms with van der Waals surface area (Å²) in [5.74, 6) is 6.48. The summed E-state index contributed by atoms with van der Waals surface area (Å²) in [6.45, 7) is 0. The average Bonchev–Trinajstić information content (AvgIpc) is 2.41. The Labute approximate surface area is 105 Å². The number of nitrogen functional groups attached to an aromatic ring is 1. The molecule has 0 aromatic heterocycles. The van der Waals surface area contributed by atoms with E-state index in [4.69, 9.17) is 15.7 Å². The van der Waals surface area contributed by atoms with Crippen LogP contribution in [-0.2, 0) is 0 Å². The number of nitrogens with two attached hydrogens (primary N) is 1. The third-order valence-electron chi connectivity index (χ3n) is 2.23. The highest BCUT2D eigenvalue weighted by Gasteiger charge is 1.96. The molecule has 2 N–H and O–H groups in total. The quantitative estimate of drug-likeness (QED) is 0.642. The first-order chi connectivity index (χ1) is 8.78. The van der Waals surface area contributed by atoms with E-state index in [1.165, 1.54) is 0 Å². The molecule has 0 heterocycles. The van der Waals surface area contributed by atoms with Crippen LogP contribution in [0.25, 0.3) is 0 Å². The van der Waals surface area contributed by atoms with Crippen molar-refractivity contribution in [2.24, 2.45) is 0 Å². The first-order valence-corrected chi connectivity index (χ1v) is 5.31. The smallest absolute Gasteiger partial charge is 0.152 e.